The molecule has 72 valence electrons. The van der Waals surface area contributed by atoms with Crippen molar-refractivity contribution in [3.63, 3.8) is 0 Å². The summed E-state index contributed by atoms with van der Waals surface area (Å²) in [5.41, 5.74) is -0.264. The predicted molar refractivity (Wildman–Crippen MR) is 51.8 cm³/mol. The van der Waals surface area contributed by atoms with E-state index in [0.717, 1.165) is 0 Å². The van der Waals surface area contributed by atoms with Gasteiger partial charge < -0.3 is 0 Å². The Morgan fingerprint density at radius 3 is 2.43 bits per heavy atom. The Hall–Kier alpha value is -1.40. The van der Waals surface area contributed by atoms with Gasteiger partial charge in [0.25, 0.3) is 0 Å². The zero-order valence-corrected chi connectivity index (χ0v) is 8.13. The molecule has 0 aromatic rings. The lowest BCUT2D eigenvalue weighted by Crippen LogP contribution is -2.15. The van der Waals surface area contributed by atoms with E-state index in [4.69, 9.17) is 5.26 Å². The number of hydrogen-bond acceptors (Lipinski definition) is 3. The fraction of sp³-hybridized carbons (Fsp3) is 0.300. The van der Waals surface area contributed by atoms with E-state index in [1.165, 1.54) is 18.2 Å². The van der Waals surface area contributed by atoms with Crippen LogP contribution >= 0.6 is 12.4 Å². The van der Waals surface area contributed by atoms with Gasteiger partial charge in [0, 0.05) is 5.57 Å². The van der Waals surface area contributed by atoms with Gasteiger partial charge in [-0.15, -0.1) is 12.4 Å². The highest BCUT2D eigenvalue weighted by molar-refractivity contribution is 6.18. The second kappa shape index (κ2) is 3.39. The molecule has 1 saturated carbocycles. The maximum Gasteiger partial charge on any atom is 0.183 e. The Morgan fingerprint density at radius 1 is 1.29 bits per heavy atom. The summed E-state index contributed by atoms with van der Waals surface area (Å²) in [4.78, 5) is 22.3. The van der Waals surface area contributed by atoms with E-state index in [9.17, 15) is 9.59 Å². The number of rotatable bonds is 1. The smallest absolute Gasteiger partial charge is 0.183 e. The molecule has 14 heavy (non-hydrogen) atoms. The molecule has 2 aliphatic carbocycles. The van der Waals surface area contributed by atoms with Crippen molar-refractivity contribution >= 4 is 24.0 Å². The Balaban J connectivity index is 0.000000980. The summed E-state index contributed by atoms with van der Waals surface area (Å²) in [6, 6.07) is 2.10. The first-order chi connectivity index (χ1) is 6.18. The van der Waals surface area contributed by atoms with Crippen molar-refractivity contribution in [2.45, 2.75) is 12.8 Å². The molecule has 0 spiro atoms. The van der Waals surface area contributed by atoms with Crippen molar-refractivity contribution in [2.24, 2.45) is 5.41 Å². The molecule has 0 amide bonds. The molecule has 0 bridgehead atoms. The van der Waals surface area contributed by atoms with E-state index >= 15 is 0 Å². The van der Waals surface area contributed by atoms with Gasteiger partial charge in [-0.25, -0.2) is 0 Å². The second-order valence-corrected chi connectivity index (χ2v) is 3.35. The van der Waals surface area contributed by atoms with Gasteiger partial charge in [-0.1, -0.05) is 0 Å². The van der Waals surface area contributed by atoms with Crippen molar-refractivity contribution in [1.82, 2.24) is 0 Å². The van der Waals surface area contributed by atoms with Crippen molar-refractivity contribution in [3.8, 4) is 6.07 Å². The Kier molecular flexibility index (Phi) is 2.59. The molecule has 0 unspecified atom stereocenters. The van der Waals surface area contributed by atoms with Crippen molar-refractivity contribution in [3.05, 3.63) is 23.8 Å². The first-order valence-electron chi connectivity index (χ1n) is 4.08. The van der Waals surface area contributed by atoms with Crippen LogP contribution in [0.15, 0.2) is 23.8 Å². The number of ketones is 2. The molecular formula is C10H8ClNO2. The first kappa shape index (κ1) is 10.7. The number of nitrogens with zero attached hydrogens (tertiary/aromatic N) is 1. The summed E-state index contributed by atoms with van der Waals surface area (Å²) in [5.74, 6) is -0.394. The summed E-state index contributed by atoms with van der Waals surface area (Å²) in [6.45, 7) is 0. The summed E-state index contributed by atoms with van der Waals surface area (Å²) in [6.07, 6.45) is 5.16. The highest BCUT2D eigenvalue weighted by atomic mass is 35.5. The number of hydrogen-bond donors (Lipinski definition) is 0. The van der Waals surface area contributed by atoms with Crippen LogP contribution < -0.4 is 0 Å². The van der Waals surface area contributed by atoms with Crippen LogP contribution in [0.25, 0.3) is 0 Å². The number of carbonyl (C=O) groups excluding carboxylic acids is 2. The maximum atomic E-state index is 11.3. The zero-order valence-electron chi connectivity index (χ0n) is 7.32. The third kappa shape index (κ3) is 1.49. The molecular weight excluding hydrogens is 202 g/mol. The van der Waals surface area contributed by atoms with Gasteiger partial charge >= 0.3 is 0 Å². The lowest BCUT2D eigenvalue weighted by atomic mass is 9.89. The fourth-order valence-electron chi connectivity index (χ4n) is 1.45. The van der Waals surface area contributed by atoms with Crippen LogP contribution in [0.1, 0.15) is 12.8 Å². The molecule has 0 saturated heterocycles. The highest BCUT2D eigenvalue weighted by Gasteiger charge is 2.49. The van der Waals surface area contributed by atoms with E-state index in [2.05, 4.69) is 6.07 Å². The molecule has 0 N–H and O–H groups in total. The zero-order chi connectivity index (χ0) is 9.47. The Morgan fingerprint density at radius 2 is 1.93 bits per heavy atom. The van der Waals surface area contributed by atoms with Gasteiger partial charge in [0.2, 0.25) is 0 Å². The van der Waals surface area contributed by atoms with Gasteiger partial charge in [-0.3, -0.25) is 9.59 Å². The minimum absolute atomic E-state index is 0. The van der Waals surface area contributed by atoms with Crippen molar-refractivity contribution < 1.29 is 9.59 Å². The van der Waals surface area contributed by atoms with Gasteiger partial charge in [-0.05, 0) is 31.1 Å². The van der Waals surface area contributed by atoms with E-state index in [0.29, 0.717) is 18.4 Å². The molecule has 3 nitrogen and oxygen atoms in total. The topological polar surface area (TPSA) is 57.9 Å². The predicted octanol–water partition coefficient (Wildman–Crippen LogP) is 1.35. The molecule has 0 heterocycles. The number of allylic oxidation sites excluding steroid dienone is 4. The number of halogens is 1. The van der Waals surface area contributed by atoms with E-state index in [1.807, 2.05) is 0 Å². The first-order valence-corrected chi connectivity index (χ1v) is 4.08. The fourth-order valence-corrected chi connectivity index (χ4v) is 1.45. The molecule has 1 fully saturated rings. The molecule has 2 rings (SSSR count). The van der Waals surface area contributed by atoms with Crippen LogP contribution in [0, 0.1) is 16.7 Å². The van der Waals surface area contributed by atoms with Crippen molar-refractivity contribution in [1.29, 1.82) is 5.26 Å². The third-order valence-corrected chi connectivity index (χ3v) is 2.43. The lowest BCUT2D eigenvalue weighted by molar-refractivity contribution is -0.114. The minimum Gasteiger partial charge on any atom is -0.290 e. The molecule has 0 atom stereocenters. The molecule has 0 aromatic carbocycles. The van der Waals surface area contributed by atoms with Crippen LogP contribution in [0.2, 0.25) is 0 Å². The average Bonchev–Trinajstić information content (AvgIpc) is 2.90. The molecule has 0 aliphatic heterocycles. The van der Waals surface area contributed by atoms with Crippen molar-refractivity contribution in [2.75, 3.05) is 0 Å². The standard InChI is InChI=1S/C10H7NO2.ClH/c11-6-10(3-4-10)8-5-7(12)1-2-9(8)13;/h1-2,5H,3-4H2;1H. The maximum absolute atomic E-state index is 11.3. The summed E-state index contributed by atoms with van der Waals surface area (Å²) < 4.78 is 0. The lowest BCUT2D eigenvalue weighted by Gasteiger charge is -2.10. The van der Waals surface area contributed by atoms with Crippen LogP contribution in [0.3, 0.4) is 0 Å². The quantitative estimate of drug-likeness (QED) is 0.613. The SMILES string of the molecule is Cl.N#CC1(C2=CC(=O)C=CC2=O)CC1. The minimum atomic E-state index is -0.641. The molecule has 4 heteroatoms. The van der Waals surface area contributed by atoms with E-state index in [-0.39, 0.29) is 24.0 Å². The Labute approximate surface area is 87.5 Å². The van der Waals surface area contributed by atoms with E-state index < -0.39 is 5.41 Å². The average molecular weight is 210 g/mol. The molecule has 2 aliphatic rings. The van der Waals surface area contributed by atoms with Gasteiger partial charge in [0.05, 0.1) is 11.5 Å². The van der Waals surface area contributed by atoms with Crippen LogP contribution in [-0.4, -0.2) is 11.6 Å². The van der Waals surface area contributed by atoms with Gasteiger partial charge in [0.1, 0.15) is 0 Å². The number of nitriles is 1. The third-order valence-electron chi connectivity index (χ3n) is 2.43. The normalized spacial score (nSPS) is 22.1. The van der Waals surface area contributed by atoms with Gasteiger partial charge in [-0.2, -0.15) is 5.26 Å². The number of carbonyl (C=O) groups is 2. The monoisotopic (exact) mass is 209 g/mol. The highest BCUT2D eigenvalue weighted by Crippen LogP contribution is 2.51. The Bertz CT molecular complexity index is 397. The van der Waals surface area contributed by atoms with E-state index in [1.54, 1.807) is 0 Å². The summed E-state index contributed by atoms with van der Waals surface area (Å²) in [7, 11) is 0. The second-order valence-electron chi connectivity index (χ2n) is 3.35. The summed E-state index contributed by atoms with van der Waals surface area (Å²) >= 11 is 0. The largest absolute Gasteiger partial charge is 0.290 e. The van der Waals surface area contributed by atoms with Gasteiger partial charge in [0.15, 0.2) is 11.6 Å². The summed E-state index contributed by atoms with van der Waals surface area (Å²) in [5, 5.41) is 8.83. The van der Waals surface area contributed by atoms with Crippen LogP contribution in [0.5, 0.6) is 0 Å². The van der Waals surface area contributed by atoms with Crippen LogP contribution in [-0.2, 0) is 9.59 Å². The molecule has 0 aromatic heterocycles. The van der Waals surface area contributed by atoms with Crippen LogP contribution in [0.4, 0.5) is 0 Å². The molecule has 0 radical (unpaired) electrons.